The molecule has 0 spiro atoms. The Balaban J connectivity index is 0.000000810. The summed E-state index contributed by atoms with van der Waals surface area (Å²) in [5, 5.41) is 0. The Morgan fingerprint density at radius 1 is 1.50 bits per heavy atom. The van der Waals surface area contributed by atoms with Crippen LogP contribution in [0.25, 0.3) is 4.85 Å². The predicted molar refractivity (Wildman–Crippen MR) is 36.0 cm³/mol. The van der Waals surface area contributed by atoms with Crippen molar-refractivity contribution in [2.75, 3.05) is 5.73 Å². The van der Waals surface area contributed by atoms with Gasteiger partial charge in [-0.25, -0.2) is 0 Å². The number of nitrogens with two attached hydrogens (primary N) is 1. The largest absolute Gasteiger partial charge is 0.450 e. The minimum Gasteiger partial charge on any atom is -0.450 e. The van der Waals surface area contributed by atoms with Crippen LogP contribution < -0.4 is 5.73 Å². The molecule has 0 saturated carbocycles. The fourth-order valence-electron chi connectivity index (χ4n) is 0.498. The van der Waals surface area contributed by atoms with E-state index in [0.717, 1.165) is 0 Å². The Morgan fingerprint density at radius 3 is 2.60 bits per heavy atom. The fraction of sp³-hybridized carbons (Fsp3) is 0. The minimum absolute atomic E-state index is 0. The van der Waals surface area contributed by atoms with Gasteiger partial charge in [0, 0.05) is 31.1 Å². The SMILES string of the molecule is [C-]#[N+]c1[c-]cc(N)cc1.[U]. The summed E-state index contributed by atoms with van der Waals surface area (Å²) in [6.45, 7) is 6.57. The number of rotatable bonds is 0. The second-order valence-corrected chi connectivity index (χ2v) is 1.62. The van der Waals surface area contributed by atoms with E-state index in [1.54, 1.807) is 18.2 Å². The van der Waals surface area contributed by atoms with E-state index in [9.17, 15) is 0 Å². The zero-order valence-corrected chi connectivity index (χ0v) is 9.42. The monoisotopic (exact) mass is 355 g/mol. The van der Waals surface area contributed by atoms with Crippen molar-refractivity contribution in [3.63, 3.8) is 0 Å². The van der Waals surface area contributed by atoms with Crippen molar-refractivity contribution in [3.8, 4) is 0 Å². The summed E-state index contributed by atoms with van der Waals surface area (Å²) in [6.07, 6.45) is 0. The summed E-state index contributed by atoms with van der Waals surface area (Å²) in [7, 11) is 0. The van der Waals surface area contributed by atoms with Gasteiger partial charge in [-0.15, -0.1) is 0 Å². The molecule has 10 heavy (non-hydrogen) atoms. The van der Waals surface area contributed by atoms with Crippen LogP contribution in [0.1, 0.15) is 0 Å². The van der Waals surface area contributed by atoms with E-state index in [4.69, 9.17) is 12.3 Å². The number of nitrogen functional groups attached to an aromatic ring is 1. The van der Waals surface area contributed by atoms with Crippen LogP contribution in [0.4, 0.5) is 11.4 Å². The summed E-state index contributed by atoms with van der Waals surface area (Å²) < 4.78 is 0. The molecule has 2 nitrogen and oxygen atoms in total. The molecule has 0 aliphatic rings. The summed E-state index contributed by atoms with van der Waals surface area (Å²) in [6, 6.07) is 7.62. The summed E-state index contributed by atoms with van der Waals surface area (Å²) >= 11 is 0. The molecule has 3 heteroatoms. The van der Waals surface area contributed by atoms with Crippen LogP contribution >= 0.6 is 0 Å². The van der Waals surface area contributed by atoms with Crippen molar-refractivity contribution in [2.45, 2.75) is 0 Å². The smallest absolute Gasteiger partial charge is 0.0899 e. The van der Waals surface area contributed by atoms with Gasteiger partial charge in [0.2, 0.25) is 0 Å². The van der Waals surface area contributed by atoms with Crippen LogP contribution in [0.15, 0.2) is 18.2 Å². The number of hydrogen-bond donors (Lipinski definition) is 1. The maximum Gasteiger partial charge on any atom is 0.0899 e. The molecule has 1 aromatic carbocycles. The molecule has 0 aliphatic carbocycles. The van der Waals surface area contributed by atoms with E-state index in [1.165, 1.54) is 0 Å². The van der Waals surface area contributed by atoms with Gasteiger partial charge in [0.05, 0.1) is 12.3 Å². The molecule has 0 aliphatic heterocycles. The molecule has 0 heterocycles. The molecule has 48 valence electrons. The van der Waals surface area contributed by atoms with Crippen LogP contribution in [-0.2, 0) is 0 Å². The van der Waals surface area contributed by atoms with Crippen LogP contribution in [0.2, 0.25) is 0 Å². The van der Waals surface area contributed by atoms with Crippen molar-refractivity contribution >= 4 is 11.4 Å². The van der Waals surface area contributed by atoms with Gasteiger partial charge in [-0.2, -0.15) is 24.3 Å². The zero-order chi connectivity index (χ0) is 6.69. The van der Waals surface area contributed by atoms with Crippen LogP contribution in [-0.4, -0.2) is 0 Å². The van der Waals surface area contributed by atoms with Gasteiger partial charge < -0.3 is 5.73 Å². The molecule has 0 unspecified atom stereocenters. The van der Waals surface area contributed by atoms with Crippen LogP contribution in [0, 0.1) is 43.8 Å². The van der Waals surface area contributed by atoms with Crippen molar-refractivity contribution in [2.24, 2.45) is 0 Å². The molecular formula is C7H5N2U-. The molecule has 1 rings (SSSR count). The molecular weight excluding hydrogens is 350 g/mol. The fourth-order valence-corrected chi connectivity index (χ4v) is 0.498. The summed E-state index contributed by atoms with van der Waals surface area (Å²) in [4.78, 5) is 3.15. The molecule has 0 amide bonds. The third-order valence-electron chi connectivity index (χ3n) is 0.941. The van der Waals surface area contributed by atoms with Gasteiger partial charge in [0.1, 0.15) is 0 Å². The third-order valence-corrected chi connectivity index (χ3v) is 0.941. The molecule has 2 N–H and O–H groups in total. The predicted octanol–water partition coefficient (Wildman–Crippen LogP) is 1.62. The Morgan fingerprint density at radius 2 is 2.20 bits per heavy atom. The Bertz CT molecular complexity index is 235. The minimum atomic E-state index is 0. The van der Waals surface area contributed by atoms with Crippen molar-refractivity contribution in [1.29, 1.82) is 0 Å². The molecule has 0 radical (unpaired) electrons. The third kappa shape index (κ3) is 2.44. The molecule has 0 atom stereocenters. The second kappa shape index (κ2) is 4.39. The molecule has 1 aromatic rings. The molecule has 0 fully saturated rings. The molecule has 0 aromatic heterocycles. The molecule has 0 bridgehead atoms. The second-order valence-electron chi connectivity index (χ2n) is 1.62. The first-order chi connectivity index (χ1) is 4.33. The maximum absolute atomic E-state index is 6.57. The number of hydrogen-bond acceptors (Lipinski definition) is 1. The van der Waals surface area contributed by atoms with E-state index in [2.05, 4.69) is 10.9 Å². The zero-order valence-electron chi connectivity index (χ0n) is 5.26. The van der Waals surface area contributed by atoms with Gasteiger partial charge in [0.25, 0.3) is 0 Å². The van der Waals surface area contributed by atoms with Gasteiger partial charge in [-0.1, -0.05) is 5.69 Å². The standard InChI is InChI=1S/C7H5N2.U/c1-9-7-4-2-6(8)3-5-7;/h2-4H,8H2;/q-1;. The number of anilines is 1. The van der Waals surface area contributed by atoms with E-state index in [-0.39, 0.29) is 31.1 Å². The number of nitrogens with zero attached hydrogens (tertiary/aromatic N) is 1. The average molecular weight is 355 g/mol. The van der Waals surface area contributed by atoms with Gasteiger partial charge >= 0.3 is 0 Å². The average Bonchev–Trinajstić information content (AvgIpc) is 1.90. The van der Waals surface area contributed by atoms with Gasteiger partial charge in [0.15, 0.2) is 0 Å². The van der Waals surface area contributed by atoms with E-state index < -0.39 is 0 Å². The first-order valence-electron chi connectivity index (χ1n) is 2.47. The van der Waals surface area contributed by atoms with Crippen molar-refractivity contribution < 1.29 is 31.1 Å². The van der Waals surface area contributed by atoms with Crippen LogP contribution in [0.3, 0.4) is 0 Å². The van der Waals surface area contributed by atoms with E-state index >= 15 is 0 Å². The number of benzene rings is 1. The van der Waals surface area contributed by atoms with Crippen molar-refractivity contribution in [1.82, 2.24) is 0 Å². The maximum atomic E-state index is 6.57. The quantitative estimate of drug-likeness (QED) is 0.557. The van der Waals surface area contributed by atoms with Gasteiger partial charge in [-0.05, 0) is 0 Å². The Hall–Kier alpha value is -0.438. The Kier molecular flexibility index (Phi) is 4.20. The summed E-state index contributed by atoms with van der Waals surface area (Å²) in [5.74, 6) is 0. The van der Waals surface area contributed by atoms with Crippen LogP contribution in [0.5, 0.6) is 0 Å². The van der Waals surface area contributed by atoms with Crippen molar-refractivity contribution in [3.05, 3.63) is 35.7 Å². The first-order valence-corrected chi connectivity index (χ1v) is 2.47. The van der Waals surface area contributed by atoms with E-state index in [1.807, 2.05) is 0 Å². The van der Waals surface area contributed by atoms with E-state index in [0.29, 0.717) is 11.4 Å². The first kappa shape index (κ1) is 9.56. The van der Waals surface area contributed by atoms with Gasteiger partial charge in [-0.3, -0.25) is 4.85 Å². The topological polar surface area (TPSA) is 30.4 Å². The summed E-state index contributed by atoms with van der Waals surface area (Å²) in [5.41, 5.74) is 6.49. The Labute approximate surface area is 83.6 Å². The normalized spacial score (nSPS) is 7.50. The molecule has 0 saturated heterocycles.